The largest absolute Gasteiger partial charge is 0.478 e. The van der Waals surface area contributed by atoms with Gasteiger partial charge in [-0.3, -0.25) is 14.9 Å². The SMILES string of the molecule is O=C(CC(C[N+](=O)[O-])c1ccc2ccccc2c1)Nc1ccc(C(=O)O)cc1. The van der Waals surface area contributed by atoms with E-state index in [1.807, 2.05) is 42.5 Å². The molecule has 0 aliphatic carbocycles. The molecule has 0 aliphatic heterocycles. The number of amides is 1. The average Bonchev–Trinajstić information content (AvgIpc) is 2.67. The average molecular weight is 378 g/mol. The summed E-state index contributed by atoms with van der Waals surface area (Å²) in [5.41, 5.74) is 1.28. The maximum Gasteiger partial charge on any atom is 0.335 e. The van der Waals surface area contributed by atoms with Crippen molar-refractivity contribution >= 4 is 28.3 Å². The summed E-state index contributed by atoms with van der Waals surface area (Å²) in [7, 11) is 0. The molecule has 0 spiro atoms. The second-order valence-electron chi connectivity index (χ2n) is 6.45. The molecule has 2 N–H and O–H groups in total. The number of carboxylic acid groups (broad SMARTS) is 1. The molecule has 0 bridgehead atoms. The molecule has 0 heterocycles. The Labute approximate surface area is 160 Å². The van der Waals surface area contributed by atoms with Crippen LogP contribution in [0.4, 0.5) is 5.69 Å². The van der Waals surface area contributed by atoms with Crippen LogP contribution < -0.4 is 5.32 Å². The molecule has 0 saturated heterocycles. The Hall–Kier alpha value is -3.74. The number of nitrogens with zero attached hydrogens (tertiary/aromatic N) is 1. The van der Waals surface area contributed by atoms with Crippen LogP contribution in [0.25, 0.3) is 10.8 Å². The number of aromatic carboxylic acids is 1. The predicted molar refractivity (Wildman–Crippen MR) is 105 cm³/mol. The number of nitro groups is 1. The molecule has 1 unspecified atom stereocenters. The Morgan fingerprint density at radius 3 is 2.32 bits per heavy atom. The lowest BCUT2D eigenvalue weighted by Crippen LogP contribution is -2.20. The van der Waals surface area contributed by atoms with Crippen LogP contribution in [-0.4, -0.2) is 28.5 Å². The first-order valence-electron chi connectivity index (χ1n) is 8.66. The standard InChI is InChI=1S/C21H18N2O5/c24-20(22-19-9-7-15(8-10-19)21(25)26)12-18(13-23(27)28)17-6-5-14-3-1-2-4-16(14)11-17/h1-11,18H,12-13H2,(H,22,24)(H,25,26). The van der Waals surface area contributed by atoms with E-state index in [2.05, 4.69) is 5.32 Å². The second-order valence-corrected chi connectivity index (χ2v) is 6.45. The van der Waals surface area contributed by atoms with Gasteiger partial charge in [-0.15, -0.1) is 0 Å². The number of carbonyl (C=O) groups excluding carboxylic acids is 1. The molecular weight excluding hydrogens is 360 g/mol. The fraction of sp³-hybridized carbons (Fsp3) is 0.143. The Kier molecular flexibility index (Phi) is 5.64. The number of benzene rings is 3. The van der Waals surface area contributed by atoms with Crippen molar-refractivity contribution in [1.82, 2.24) is 0 Å². The molecule has 0 aromatic heterocycles. The lowest BCUT2D eigenvalue weighted by atomic mass is 9.93. The van der Waals surface area contributed by atoms with Crippen LogP contribution in [0.1, 0.15) is 28.3 Å². The zero-order valence-electron chi connectivity index (χ0n) is 14.9. The van der Waals surface area contributed by atoms with E-state index >= 15 is 0 Å². The Balaban J connectivity index is 1.76. The van der Waals surface area contributed by atoms with Gasteiger partial charge in [0.2, 0.25) is 12.5 Å². The van der Waals surface area contributed by atoms with Crippen molar-refractivity contribution in [3.8, 4) is 0 Å². The van der Waals surface area contributed by atoms with Crippen molar-refractivity contribution in [3.05, 3.63) is 88.0 Å². The lowest BCUT2D eigenvalue weighted by molar-refractivity contribution is -0.483. The van der Waals surface area contributed by atoms with E-state index in [9.17, 15) is 19.7 Å². The van der Waals surface area contributed by atoms with Gasteiger partial charge in [-0.05, 0) is 40.6 Å². The first-order valence-corrected chi connectivity index (χ1v) is 8.66. The van der Waals surface area contributed by atoms with Crippen LogP contribution in [-0.2, 0) is 4.79 Å². The molecule has 142 valence electrons. The summed E-state index contributed by atoms with van der Waals surface area (Å²) in [5, 5.41) is 24.7. The third kappa shape index (κ3) is 4.70. The Bertz CT molecular complexity index is 1030. The molecule has 3 aromatic rings. The molecule has 0 saturated carbocycles. The van der Waals surface area contributed by atoms with Gasteiger partial charge in [-0.25, -0.2) is 4.79 Å². The predicted octanol–water partition coefficient (Wildman–Crippen LogP) is 3.93. The molecule has 7 heteroatoms. The van der Waals surface area contributed by atoms with Gasteiger partial charge >= 0.3 is 5.97 Å². The number of carboxylic acids is 1. The highest BCUT2D eigenvalue weighted by Gasteiger charge is 2.22. The van der Waals surface area contributed by atoms with Gasteiger partial charge in [-0.1, -0.05) is 42.5 Å². The minimum atomic E-state index is -1.06. The smallest absolute Gasteiger partial charge is 0.335 e. The molecular formula is C21H18N2O5. The summed E-state index contributed by atoms with van der Waals surface area (Å²) in [6, 6.07) is 19.0. The van der Waals surface area contributed by atoms with Gasteiger partial charge in [-0.2, -0.15) is 0 Å². The lowest BCUT2D eigenvalue weighted by Gasteiger charge is -2.14. The maximum absolute atomic E-state index is 12.4. The van der Waals surface area contributed by atoms with Crippen LogP contribution in [0.3, 0.4) is 0 Å². The third-order valence-corrected chi connectivity index (χ3v) is 4.46. The summed E-state index contributed by atoms with van der Waals surface area (Å²) in [6.07, 6.45) is -0.0556. The first kappa shape index (κ1) is 19.0. The second kappa shape index (κ2) is 8.30. The summed E-state index contributed by atoms with van der Waals surface area (Å²) in [4.78, 5) is 34.0. The number of hydrogen-bond acceptors (Lipinski definition) is 4. The fourth-order valence-electron chi connectivity index (χ4n) is 3.06. The molecule has 28 heavy (non-hydrogen) atoms. The van der Waals surface area contributed by atoms with Gasteiger partial charge in [0.25, 0.3) is 0 Å². The minimum Gasteiger partial charge on any atom is -0.478 e. The van der Waals surface area contributed by atoms with Crippen molar-refractivity contribution in [2.24, 2.45) is 0 Å². The van der Waals surface area contributed by atoms with E-state index in [0.717, 1.165) is 16.3 Å². The van der Waals surface area contributed by atoms with Crippen LogP contribution in [0.2, 0.25) is 0 Å². The van der Waals surface area contributed by atoms with Gasteiger partial charge in [0.05, 0.1) is 11.5 Å². The zero-order valence-corrected chi connectivity index (χ0v) is 14.9. The van der Waals surface area contributed by atoms with Gasteiger partial charge in [0, 0.05) is 17.0 Å². The monoisotopic (exact) mass is 378 g/mol. The van der Waals surface area contributed by atoms with Crippen molar-refractivity contribution in [1.29, 1.82) is 0 Å². The minimum absolute atomic E-state index is 0.0556. The summed E-state index contributed by atoms with van der Waals surface area (Å²) in [5.74, 6) is -2.00. The van der Waals surface area contributed by atoms with E-state index < -0.39 is 16.8 Å². The molecule has 0 radical (unpaired) electrons. The Morgan fingerprint density at radius 1 is 1.00 bits per heavy atom. The highest BCUT2D eigenvalue weighted by atomic mass is 16.6. The topological polar surface area (TPSA) is 110 Å². The first-order chi connectivity index (χ1) is 13.4. The summed E-state index contributed by atoms with van der Waals surface area (Å²) < 4.78 is 0. The Morgan fingerprint density at radius 2 is 1.68 bits per heavy atom. The van der Waals surface area contributed by atoms with E-state index in [4.69, 9.17) is 5.11 Å². The van der Waals surface area contributed by atoms with Crippen molar-refractivity contribution in [2.75, 3.05) is 11.9 Å². The highest BCUT2D eigenvalue weighted by molar-refractivity contribution is 5.93. The number of hydrogen-bond donors (Lipinski definition) is 2. The van der Waals surface area contributed by atoms with Gasteiger partial charge in [0.1, 0.15) is 0 Å². The maximum atomic E-state index is 12.4. The number of carbonyl (C=O) groups is 2. The van der Waals surface area contributed by atoms with Gasteiger partial charge < -0.3 is 10.4 Å². The van der Waals surface area contributed by atoms with E-state index in [-0.39, 0.29) is 24.4 Å². The molecule has 0 fully saturated rings. The normalized spacial score (nSPS) is 11.7. The third-order valence-electron chi connectivity index (χ3n) is 4.46. The number of nitrogens with one attached hydrogen (secondary N) is 1. The molecule has 3 aromatic carbocycles. The summed E-state index contributed by atoms with van der Waals surface area (Å²) in [6.45, 7) is -0.357. The molecule has 1 atom stereocenters. The van der Waals surface area contributed by atoms with E-state index in [0.29, 0.717) is 5.69 Å². The molecule has 0 aliphatic rings. The molecule has 7 nitrogen and oxygen atoms in total. The zero-order chi connectivity index (χ0) is 20.1. The van der Waals surface area contributed by atoms with E-state index in [1.54, 1.807) is 0 Å². The highest BCUT2D eigenvalue weighted by Crippen LogP contribution is 2.25. The van der Waals surface area contributed by atoms with Crippen molar-refractivity contribution in [3.63, 3.8) is 0 Å². The van der Waals surface area contributed by atoms with Crippen LogP contribution in [0, 0.1) is 10.1 Å². The quantitative estimate of drug-likeness (QED) is 0.478. The van der Waals surface area contributed by atoms with Gasteiger partial charge in [0.15, 0.2) is 0 Å². The van der Waals surface area contributed by atoms with E-state index in [1.165, 1.54) is 24.3 Å². The molecule has 1 amide bonds. The van der Waals surface area contributed by atoms with Crippen LogP contribution in [0.15, 0.2) is 66.7 Å². The number of rotatable bonds is 7. The molecule has 3 rings (SSSR count). The summed E-state index contributed by atoms with van der Waals surface area (Å²) >= 11 is 0. The number of fused-ring (bicyclic) bond motifs is 1. The van der Waals surface area contributed by atoms with Crippen molar-refractivity contribution in [2.45, 2.75) is 12.3 Å². The van der Waals surface area contributed by atoms with Crippen LogP contribution in [0.5, 0.6) is 0 Å². The number of anilines is 1. The fourth-order valence-corrected chi connectivity index (χ4v) is 3.06. The van der Waals surface area contributed by atoms with Crippen molar-refractivity contribution < 1.29 is 19.6 Å². The van der Waals surface area contributed by atoms with Crippen LogP contribution >= 0.6 is 0 Å².